The normalized spacial score (nSPS) is 10.1. The highest BCUT2D eigenvalue weighted by molar-refractivity contribution is 7.80. The van der Waals surface area contributed by atoms with E-state index in [9.17, 15) is 4.79 Å². The van der Waals surface area contributed by atoms with Gasteiger partial charge < -0.3 is 5.32 Å². The first kappa shape index (κ1) is 16.4. The van der Waals surface area contributed by atoms with Gasteiger partial charge in [0, 0.05) is 11.1 Å². The molecule has 22 heavy (non-hydrogen) atoms. The number of hydrogen-bond donors (Lipinski definition) is 3. The minimum absolute atomic E-state index is 0.184. The fraction of sp³-hybridized carbons (Fsp3) is 0.267. The topological polar surface area (TPSA) is 66.0 Å². The van der Waals surface area contributed by atoms with Gasteiger partial charge in [0.05, 0.1) is 17.1 Å². The van der Waals surface area contributed by atoms with E-state index >= 15 is 0 Å². The molecule has 2 aromatic rings. The van der Waals surface area contributed by atoms with Crippen molar-refractivity contribution in [3.05, 3.63) is 45.9 Å². The summed E-state index contributed by atoms with van der Waals surface area (Å²) < 4.78 is 0. The Bertz CT molecular complexity index is 652. The van der Waals surface area contributed by atoms with Crippen LogP contribution in [0.4, 0.5) is 5.69 Å². The number of aromatic nitrogens is 1. The summed E-state index contributed by atoms with van der Waals surface area (Å²) in [5, 5.41) is 6.17. The van der Waals surface area contributed by atoms with Gasteiger partial charge in [0.15, 0.2) is 5.11 Å². The highest BCUT2D eigenvalue weighted by Crippen LogP contribution is 2.10. The van der Waals surface area contributed by atoms with Crippen molar-refractivity contribution in [3.63, 3.8) is 0 Å². The van der Waals surface area contributed by atoms with Gasteiger partial charge in [-0.2, -0.15) is 0 Å². The van der Waals surface area contributed by atoms with Gasteiger partial charge in [-0.1, -0.05) is 19.1 Å². The molecule has 1 aromatic heterocycles. The predicted molar refractivity (Wildman–Crippen MR) is 93.9 cm³/mol. The molecule has 7 heteroatoms. The van der Waals surface area contributed by atoms with Crippen LogP contribution in [0.3, 0.4) is 0 Å². The van der Waals surface area contributed by atoms with Gasteiger partial charge in [-0.3, -0.25) is 15.6 Å². The average Bonchev–Trinajstić information content (AvgIpc) is 2.91. The first-order valence-electron chi connectivity index (χ1n) is 6.92. The van der Waals surface area contributed by atoms with Crippen LogP contribution < -0.4 is 16.2 Å². The number of thiocarbonyl (C=S) groups is 1. The molecule has 0 atom stereocenters. The first-order valence-corrected chi connectivity index (χ1v) is 8.21. The number of aryl methyl sites for hydroxylation is 2. The van der Waals surface area contributed by atoms with Gasteiger partial charge in [0.25, 0.3) is 0 Å². The van der Waals surface area contributed by atoms with Crippen LogP contribution >= 0.6 is 23.6 Å². The van der Waals surface area contributed by atoms with Crippen LogP contribution in [0.15, 0.2) is 29.6 Å². The number of hydrazine groups is 1. The van der Waals surface area contributed by atoms with Crippen molar-refractivity contribution in [3.8, 4) is 0 Å². The minimum Gasteiger partial charge on any atom is -0.331 e. The zero-order valence-corrected chi connectivity index (χ0v) is 14.1. The highest BCUT2D eigenvalue weighted by Gasteiger charge is 2.06. The molecule has 116 valence electrons. The Morgan fingerprint density at radius 3 is 2.59 bits per heavy atom. The predicted octanol–water partition coefficient (Wildman–Crippen LogP) is 2.57. The molecule has 0 spiro atoms. The van der Waals surface area contributed by atoms with Crippen molar-refractivity contribution < 1.29 is 4.79 Å². The largest absolute Gasteiger partial charge is 0.331 e. The van der Waals surface area contributed by atoms with E-state index in [-0.39, 0.29) is 12.3 Å². The van der Waals surface area contributed by atoms with Crippen LogP contribution in [0.25, 0.3) is 0 Å². The van der Waals surface area contributed by atoms with Gasteiger partial charge in [0.2, 0.25) is 5.91 Å². The Kier molecular flexibility index (Phi) is 5.85. The third kappa shape index (κ3) is 5.09. The van der Waals surface area contributed by atoms with Gasteiger partial charge >= 0.3 is 0 Å². The zero-order valence-electron chi connectivity index (χ0n) is 12.5. The van der Waals surface area contributed by atoms with Gasteiger partial charge in [0.1, 0.15) is 0 Å². The smallest absolute Gasteiger partial charge is 0.244 e. The highest BCUT2D eigenvalue weighted by atomic mass is 32.1. The molecule has 0 unspecified atom stereocenters. The van der Waals surface area contributed by atoms with Crippen LogP contribution in [0, 0.1) is 6.92 Å². The maximum Gasteiger partial charge on any atom is 0.244 e. The van der Waals surface area contributed by atoms with Crippen LogP contribution in [0.1, 0.15) is 23.2 Å². The molecule has 3 N–H and O–H groups in total. The van der Waals surface area contributed by atoms with Gasteiger partial charge in [-0.05, 0) is 43.3 Å². The number of anilines is 1. The second-order valence-corrected chi connectivity index (χ2v) is 6.18. The summed E-state index contributed by atoms with van der Waals surface area (Å²) in [6.45, 7) is 4.02. The molecule has 0 radical (unpaired) electrons. The van der Waals surface area contributed by atoms with Crippen molar-refractivity contribution in [1.29, 1.82) is 0 Å². The molecule has 0 bridgehead atoms. The lowest BCUT2D eigenvalue weighted by molar-refractivity contribution is -0.121. The van der Waals surface area contributed by atoms with E-state index in [4.69, 9.17) is 12.2 Å². The lowest BCUT2D eigenvalue weighted by Crippen LogP contribution is -2.44. The SMILES string of the molecule is CCc1ccc(NC(=S)NNC(=O)Cc2csc(C)n2)cc1. The van der Waals surface area contributed by atoms with Crippen molar-refractivity contribution in [2.24, 2.45) is 0 Å². The van der Waals surface area contributed by atoms with Crippen LogP contribution in [-0.4, -0.2) is 16.0 Å². The fourth-order valence-electron chi connectivity index (χ4n) is 1.81. The molecule has 5 nitrogen and oxygen atoms in total. The lowest BCUT2D eigenvalue weighted by atomic mass is 10.1. The molecule has 1 aromatic carbocycles. The van der Waals surface area contributed by atoms with E-state index in [1.165, 1.54) is 16.9 Å². The Labute approximate surface area is 139 Å². The summed E-state index contributed by atoms with van der Waals surface area (Å²) in [6.07, 6.45) is 1.22. The molecule has 0 saturated heterocycles. The number of thiazole rings is 1. The second-order valence-electron chi connectivity index (χ2n) is 4.71. The number of benzene rings is 1. The number of amides is 1. The summed E-state index contributed by atoms with van der Waals surface area (Å²) >= 11 is 6.66. The number of nitrogens with one attached hydrogen (secondary N) is 3. The standard InChI is InChI=1S/C15H18N4OS2/c1-3-11-4-6-12(7-5-11)17-15(21)19-18-14(20)8-13-9-22-10(2)16-13/h4-7,9H,3,8H2,1-2H3,(H,18,20)(H2,17,19,21). The quantitative estimate of drug-likeness (QED) is 0.592. The molecular weight excluding hydrogens is 316 g/mol. The van der Waals surface area contributed by atoms with Crippen molar-refractivity contribution in [1.82, 2.24) is 15.8 Å². The summed E-state index contributed by atoms with van der Waals surface area (Å²) in [7, 11) is 0. The number of hydrogen-bond acceptors (Lipinski definition) is 4. The average molecular weight is 334 g/mol. The summed E-state index contributed by atoms with van der Waals surface area (Å²) in [5.74, 6) is -0.184. The lowest BCUT2D eigenvalue weighted by Gasteiger charge is -2.11. The van der Waals surface area contributed by atoms with E-state index in [0.717, 1.165) is 22.8 Å². The van der Waals surface area contributed by atoms with Crippen molar-refractivity contribution in [2.45, 2.75) is 26.7 Å². The Balaban J connectivity index is 1.75. The summed E-state index contributed by atoms with van der Waals surface area (Å²) in [5.41, 5.74) is 8.13. The molecule has 0 aliphatic heterocycles. The third-order valence-corrected chi connectivity index (χ3v) is 3.97. The van der Waals surface area contributed by atoms with Crippen LogP contribution in [0.2, 0.25) is 0 Å². The molecule has 2 rings (SSSR count). The molecule has 1 amide bonds. The van der Waals surface area contributed by atoms with Gasteiger partial charge in [-0.25, -0.2) is 4.98 Å². The zero-order chi connectivity index (χ0) is 15.9. The fourth-order valence-corrected chi connectivity index (χ4v) is 2.59. The van der Waals surface area contributed by atoms with Crippen molar-refractivity contribution >= 4 is 40.3 Å². The number of carbonyl (C=O) groups is 1. The maximum atomic E-state index is 11.8. The number of carbonyl (C=O) groups excluding carboxylic acids is 1. The van der Waals surface area contributed by atoms with E-state index in [2.05, 4.69) is 28.1 Å². The van der Waals surface area contributed by atoms with E-state index in [0.29, 0.717) is 5.11 Å². The number of nitrogens with zero attached hydrogens (tertiary/aromatic N) is 1. The molecule has 1 heterocycles. The van der Waals surface area contributed by atoms with Crippen LogP contribution in [0.5, 0.6) is 0 Å². The van der Waals surface area contributed by atoms with E-state index in [1.54, 1.807) is 0 Å². The van der Waals surface area contributed by atoms with E-state index in [1.807, 2.05) is 36.6 Å². The third-order valence-electron chi connectivity index (χ3n) is 2.94. The molecule has 0 aliphatic rings. The summed E-state index contributed by atoms with van der Waals surface area (Å²) in [4.78, 5) is 16.0. The minimum atomic E-state index is -0.184. The van der Waals surface area contributed by atoms with Gasteiger partial charge in [-0.15, -0.1) is 11.3 Å². The number of rotatable bonds is 4. The molecule has 0 saturated carbocycles. The second kappa shape index (κ2) is 7.86. The Morgan fingerprint density at radius 1 is 1.27 bits per heavy atom. The first-order chi connectivity index (χ1) is 10.6. The van der Waals surface area contributed by atoms with Crippen molar-refractivity contribution in [2.75, 3.05) is 5.32 Å². The monoisotopic (exact) mass is 334 g/mol. The summed E-state index contributed by atoms with van der Waals surface area (Å²) in [6, 6.07) is 7.97. The molecule has 0 aliphatic carbocycles. The van der Waals surface area contributed by atoms with Crippen LogP contribution in [-0.2, 0) is 17.6 Å². The molecule has 0 fully saturated rings. The Morgan fingerprint density at radius 2 is 2.00 bits per heavy atom. The Hall–Kier alpha value is -1.99. The molecular formula is C15H18N4OS2. The van der Waals surface area contributed by atoms with E-state index < -0.39 is 0 Å². The maximum absolute atomic E-state index is 11.8.